The molecule has 2 aromatic heterocycles. The van der Waals surface area contributed by atoms with Crippen LogP contribution in [0.25, 0.3) is 11.0 Å². The number of rotatable bonds is 3. The summed E-state index contributed by atoms with van der Waals surface area (Å²) in [6.07, 6.45) is 5.98. The molecule has 0 aliphatic heterocycles. The molecule has 0 amide bonds. The summed E-state index contributed by atoms with van der Waals surface area (Å²) in [6, 6.07) is 0.510. The number of hydrogen-bond donors (Lipinski definition) is 2. The van der Waals surface area contributed by atoms with Crippen LogP contribution in [0.2, 0.25) is 0 Å². The van der Waals surface area contributed by atoms with Gasteiger partial charge in [0.1, 0.15) is 5.82 Å². The molecule has 2 aromatic rings. The lowest BCUT2D eigenvalue weighted by molar-refractivity contribution is 0.469. The van der Waals surface area contributed by atoms with Crippen molar-refractivity contribution in [2.24, 2.45) is 5.92 Å². The quantitative estimate of drug-likeness (QED) is 0.875. The zero-order valence-corrected chi connectivity index (χ0v) is 11.1. The van der Waals surface area contributed by atoms with Crippen molar-refractivity contribution in [1.29, 1.82) is 0 Å². The third-order valence-corrected chi connectivity index (χ3v) is 3.78. The Bertz CT molecular complexity index is 545. The van der Waals surface area contributed by atoms with Crippen molar-refractivity contribution in [3.05, 3.63) is 5.69 Å². The minimum absolute atomic E-state index is 0.510. The van der Waals surface area contributed by atoms with Gasteiger partial charge in [-0.2, -0.15) is 10.2 Å². The topological polar surface area (TPSA) is 72.5 Å². The van der Waals surface area contributed by atoms with Crippen LogP contribution < -0.4 is 5.73 Å². The number of anilines is 1. The highest BCUT2D eigenvalue weighted by Gasteiger charge is 2.24. The molecule has 0 radical (unpaired) electrons. The number of nitrogens with two attached hydrogens (primary N) is 1. The van der Waals surface area contributed by atoms with Gasteiger partial charge >= 0.3 is 0 Å². The van der Waals surface area contributed by atoms with E-state index in [1.807, 2.05) is 0 Å². The smallest absolute Gasteiger partial charge is 0.182 e. The van der Waals surface area contributed by atoms with E-state index in [0.29, 0.717) is 17.8 Å². The van der Waals surface area contributed by atoms with Crippen molar-refractivity contribution in [1.82, 2.24) is 20.0 Å². The van der Waals surface area contributed by atoms with Crippen LogP contribution >= 0.6 is 0 Å². The van der Waals surface area contributed by atoms with Crippen LogP contribution in [0.15, 0.2) is 0 Å². The number of H-pyrrole nitrogens is 1. The van der Waals surface area contributed by atoms with E-state index < -0.39 is 0 Å². The molecule has 1 aliphatic carbocycles. The summed E-state index contributed by atoms with van der Waals surface area (Å²) in [4.78, 5) is 0. The standard InChI is InChI=1S/C13H21N5/c1-8(2)7-10-11-12(14)15-16-13(11)18(17-10)9-5-3-4-6-9/h8-9H,3-7H2,1-2H3,(H3,14,15,16). The molecule has 0 saturated heterocycles. The second-order valence-corrected chi connectivity index (χ2v) is 5.76. The van der Waals surface area contributed by atoms with Gasteiger partial charge in [0.25, 0.3) is 0 Å². The molecule has 3 N–H and O–H groups in total. The molecule has 0 atom stereocenters. The van der Waals surface area contributed by atoms with Crippen LogP contribution in [-0.4, -0.2) is 20.0 Å². The van der Waals surface area contributed by atoms with Gasteiger partial charge < -0.3 is 5.73 Å². The van der Waals surface area contributed by atoms with Crippen LogP contribution in [-0.2, 0) is 6.42 Å². The van der Waals surface area contributed by atoms with E-state index in [-0.39, 0.29) is 0 Å². The second kappa shape index (κ2) is 4.30. The Morgan fingerprint density at radius 1 is 1.39 bits per heavy atom. The number of aromatic nitrogens is 4. The van der Waals surface area contributed by atoms with Crippen LogP contribution in [0.3, 0.4) is 0 Å². The number of nitrogen functional groups attached to an aromatic ring is 1. The summed E-state index contributed by atoms with van der Waals surface area (Å²) in [7, 11) is 0. The molecule has 1 saturated carbocycles. The number of nitrogens with zero attached hydrogens (tertiary/aromatic N) is 3. The van der Waals surface area contributed by atoms with Gasteiger partial charge in [-0.1, -0.05) is 26.7 Å². The fraction of sp³-hybridized carbons (Fsp3) is 0.692. The summed E-state index contributed by atoms with van der Waals surface area (Å²) >= 11 is 0. The maximum Gasteiger partial charge on any atom is 0.182 e. The predicted octanol–water partition coefficient (Wildman–Crippen LogP) is 2.66. The molecule has 5 nitrogen and oxygen atoms in total. The van der Waals surface area contributed by atoms with Crippen LogP contribution in [0.1, 0.15) is 51.3 Å². The molecule has 98 valence electrons. The van der Waals surface area contributed by atoms with E-state index in [1.54, 1.807) is 0 Å². The average Bonchev–Trinajstić information content (AvgIpc) is 2.98. The Morgan fingerprint density at radius 3 is 2.78 bits per heavy atom. The van der Waals surface area contributed by atoms with Crippen molar-refractivity contribution in [3.8, 4) is 0 Å². The van der Waals surface area contributed by atoms with E-state index >= 15 is 0 Å². The summed E-state index contributed by atoms with van der Waals surface area (Å²) in [5.41, 5.74) is 8.03. The second-order valence-electron chi connectivity index (χ2n) is 5.76. The highest BCUT2D eigenvalue weighted by Crippen LogP contribution is 2.33. The number of nitrogens with one attached hydrogen (secondary N) is 1. The third kappa shape index (κ3) is 1.78. The fourth-order valence-corrected chi connectivity index (χ4v) is 2.96. The van der Waals surface area contributed by atoms with E-state index in [2.05, 4.69) is 28.7 Å². The van der Waals surface area contributed by atoms with Gasteiger partial charge in [0.2, 0.25) is 0 Å². The molecule has 18 heavy (non-hydrogen) atoms. The van der Waals surface area contributed by atoms with Gasteiger partial charge in [0.15, 0.2) is 5.65 Å². The molecule has 0 bridgehead atoms. The summed E-state index contributed by atoms with van der Waals surface area (Å²) in [5.74, 6) is 1.24. The number of hydrogen-bond acceptors (Lipinski definition) is 3. The summed E-state index contributed by atoms with van der Waals surface area (Å²) in [5, 5.41) is 13.1. The zero-order valence-electron chi connectivity index (χ0n) is 11.1. The van der Waals surface area contributed by atoms with Crippen molar-refractivity contribution in [3.63, 3.8) is 0 Å². The van der Waals surface area contributed by atoms with Crippen LogP contribution in [0, 0.1) is 5.92 Å². The molecule has 1 aliphatic rings. The van der Waals surface area contributed by atoms with Crippen molar-refractivity contribution >= 4 is 16.9 Å². The molecule has 1 fully saturated rings. The largest absolute Gasteiger partial charge is 0.383 e. The molecule has 0 unspecified atom stereocenters. The first kappa shape index (κ1) is 11.6. The first-order valence-corrected chi connectivity index (χ1v) is 6.87. The van der Waals surface area contributed by atoms with Gasteiger partial charge in [-0.25, -0.2) is 4.68 Å². The maximum atomic E-state index is 5.99. The van der Waals surface area contributed by atoms with Gasteiger partial charge in [0.05, 0.1) is 17.1 Å². The molecule has 0 aromatic carbocycles. The highest BCUT2D eigenvalue weighted by atomic mass is 15.4. The van der Waals surface area contributed by atoms with Crippen molar-refractivity contribution in [2.75, 3.05) is 5.73 Å². The maximum absolute atomic E-state index is 5.99. The summed E-state index contributed by atoms with van der Waals surface area (Å²) < 4.78 is 2.10. The first-order chi connectivity index (χ1) is 8.66. The SMILES string of the molecule is CC(C)Cc1nn(C2CCCC2)c2n[nH]c(N)c12. The van der Waals surface area contributed by atoms with E-state index in [0.717, 1.165) is 23.1 Å². The van der Waals surface area contributed by atoms with Crippen LogP contribution in [0.5, 0.6) is 0 Å². The normalized spacial score (nSPS) is 17.3. The lowest BCUT2D eigenvalue weighted by Crippen LogP contribution is -2.08. The first-order valence-electron chi connectivity index (χ1n) is 6.87. The Hall–Kier alpha value is -1.52. The van der Waals surface area contributed by atoms with E-state index in [4.69, 9.17) is 10.8 Å². The third-order valence-electron chi connectivity index (χ3n) is 3.78. The van der Waals surface area contributed by atoms with E-state index in [1.165, 1.54) is 25.7 Å². The van der Waals surface area contributed by atoms with Gasteiger partial charge in [-0.3, -0.25) is 5.10 Å². The highest BCUT2D eigenvalue weighted by molar-refractivity contribution is 5.89. The molecular formula is C13H21N5. The minimum Gasteiger partial charge on any atom is -0.383 e. The Labute approximate surface area is 107 Å². The predicted molar refractivity (Wildman–Crippen MR) is 72.3 cm³/mol. The monoisotopic (exact) mass is 247 g/mol. The molecule has 5 heteroatoms. The number of fused-ring (bicyclic) bond motifs is 1. The Morgan fingerprint density at radius 2 is 2.11 bits per heavy atom. The average molecular weight is 247 g/mol. The van der Waals surface area contributed by atoms with Gasteiger partial charge in [-0.05, 0) is 25.2 Å². The Balaban J connectivity index is 2.08. The van der Waals surface area contributed by atoms with Gasteiger partial charge in [-0.15, -0.1) is 0 Å². The molecular weight excluding hydrogens is 226 g/mol. The zero-order chi connectivity index (χ0) is 12.7. The minimum atomic E-state index is 0.510. The summed E-state index contributed by atoms with van der Waals surface area (Å²) in [6.45, 7) is 4.41. The van der Waals surface area contributed by atoms with Gasteiger partial charge in [0, 0.05) is 0 Å². The molecule has 0 spiro atoms. The lowest BCUT2D eigenvalue weighted by atomic mass is 10.1. The fourth-order valence-electron chi connectivity index (χ4n) is 2.96. The van der Waals surface area contributed by atoms with Crippen molar-refractivity contribution in [2.45, 2.75) is 52.0 Å². The Kier molecular flexibility index (Phi) is 2.76. The lowest BCUT2D eigenvalue weighted by Gasteiger charge is -2.09. The number of aromatic amines is 1. The molecule has 2 heterocycles. The van der Waals surface area contributed by atoms with E-state index in [9.17, 15) is 0 Å². The van der Waals surface area contributed by atoms with Crippen LogP contribution in [0.4, 0.5) is 5.82 Å². The van der Waals surface area contributed by atoms with Crippen molar-refractivity contribution < 1.29 is 0 Å². The molecule has 3 rings (SSSR count).